The zero-order valence-electron chi connectivity index (χ0n) is 28.0. The number of ether oxygens (including phenoxy) is 4. The standard InChI is InChI=1S/C35H42N6O8/c1-5-46-32(42)38-40(34(44)48-7-3)28-20-12-14-22(28)24-16-11-17-25(30(24)31-36-26-18-9-10-19-27(26)37-31)23-15-13-21-29(23)41(35(45)49-8-4)39-33(43)47-6-2/h9-19,22-23,28-29H,5-8,20-21H2,1-4H3,(H,36,37)(H,38,42)(H,39,43)/t22-,23?,28?,29?/m1/s1. The van der Waals surface area contributed by atoms with E-state index in [1.54, 1.807) is 27.7 Å². The van der Waals surface area contributed by atoms with Crippen molar-refractivity contribution in [1.29, 1.82) is 0 Å². The quantitative estimate of drug-likeness (QED) is 0.134. The van der Waals surface area contributed by atoms with Crippen molar-refractivity contribution in [3.63, 3.8) is 0 Å². The lowest BCUT2D eigenvalue weighted by Crippen LogP contribution is -2.53. The maximum absolute atomic E-state index is 13.2. The number of hydrazine groups is 2. The first-order valence-electron chi connectivity index (χ1n) is 16.5. The number of carbonyl (C=O) groups excluding carboxylic acids is 4. The monoisotopic (exact) mass is 674 g/mol. The minimum Gasteiger partial charge on any atom is -0.449 e. The third-order valence-corrected chi connectivity index (χ3v) is 8.31. The van der Waals surface area contributed by atoms with E-state index in [4.69, 9.17) is 23.9 Å². The van der Waals surface area contributed by atoms with E-state index in [0.717, 1.165) is 27.7 Å². The van der Waals surface area contributed by atoms with Crippen LogP contribution in [0, 0.1) is 0 Å². The van der Waals surface area contributed by atoms with Crippen LogP contribution in [-0.4, -0.2) is 82.9 Å². The first-order chi connectivity index (χ1) is 23.8. The molecule has 0 radical (unpaired) electrons. The fourth-order valence-electron chi connectivity index (χ4n) is 6.36. The number of benzene rings is 2. The highest BCUT2D eigenvalue weighted by Gasteiger charge is 2.40. The van der Waals surface area contributed by atoms with Crippen LogP contribution < -0.4 is 10.9 Å². The van der Waals surface area contributed by atoms with Gasteiger partial charge in [0.25, 0.3) is 0 Å². The third-order valence-electron chi connectivity index (χ3n) is 8.31. The van der Waals surface area contributed by atoms with Crippen LogP contribution in [0.4, 0.5) is 19.2 Å². The molecule has 0 aliphatic heterocycles. The molecule has 2 aliphatic carbocycles. The molecule has 0 fully saturated rings. The molecule has 3 aromatic rings. The number of carbonyl (C=O) groups is 4. The summed E-state index contributed by atoms with van der Waals surface area (Å²) >= 11 is 0. The van der Waals surface area contributed by atoms with Gasteiger partial charge in [-0.3, -0.25) is 0 Å². The van der Waals surface area contributed by atoms with Crippen LogP contribution in [0.25, 0.3) is 22.4 Å². The molecule has 4 amide bonds. The van der Waals surface area contributed by atoms with Crippen LogP contribution in [0.2, 0.25) is 0 Å². The molecule has 5 rings (SSSR count). The normalized spacial score (nSPS) is 19.3. The summed E-state index contributed by atoms with van der Waals surface area (Å²) in [4.78, 5) is 60.1. The highest BCUT2D eigenvalue weighted by Crippen LogP contribution is 2.44. The van der Waals surface area contributed by atoms with Gasteiger partial charge in [0.05, 0.1) is 49.5 Å². The highest BCUT2D eigenvalue weighted by molar-refractivity contribution is 5.82. The molecule has 3 N–H and O–H groups in total. The van der Waals surface area contributed by atoms with E-state index in [9.17, 15) is 19.2 Å². The van der Waals surface area contributed by atoms with Crippen molar-refractivity contribution in [3.8, 4) is 11.4 Å². The van der Waals surface area contributed by atoms with E-state index in [0.29, 0.717) is 18.7 Å². The number of H-pyrrole nitrogens is 1. The summed E-state index contributed by atoms with van der Waals surface area (Å²) in [5, 5.41) is 2.37. The Morgan fingerprint density at radius 3 is 1.67 bits per heavy atom. The van der Waals surface area contributed by atoms with Crippen molar-refractivity contribution >= 4 is 35.4 Å². The number of aromatic amines is 1. The molecule has 2 aliphatic rings. The fraction of sp³-hybridized carbons (Fsp3) is 0.400. The summed E-state index contributed by atoms with van der Waals surface area (Å²) in [6, 6.07) is 12.3. The smallest absolute Gasteiger partial charge is 0.429 e. The first-order valence-corrected chi connectivity index (χ1v) is 16.5. The molecule has 0 saturated carbocycles. The Bertz CT molecular complexity index is 1600. The van der Waals surface area contributed by atoms with Gasteiger partial charge in [-0.1, -0.05) is 54.6 Å². The number of hydrogen-bond donors (Lipinski definition) is 3. The SMILES string of the molecule is CCOC(=O)NN(C(=O)OCC)C1CC=CC1c1cccc([C@H]2C=CCC2N(NC(=O)OCC)C(=O)OCC)c1-c1nc2ccccc2[nH]1. The summed E-state index contributed by atoms with van der Waals surface area (Å²) < 4.78 is 20.9. The molecule has 4 atom stereocenters. The largest absolute Gasteiger partial charge is 0.449 e. The van der Waals surface area contributed by atoms with Crippen molar-refractivity contribution in [3.05, 3.63) is 77.9 Å². The van der Waals surface area contributed by atoms with Crippen LogP contribution in [0.3, 0.4) is 0 Å². The Morgan fingerprint density at radius 1 is 0.714 bits per heavy atom. The third kappa shape index (κ3) is 7.63. The van der Waals surface area contributed by atoms with Crippen LogP contribution in [0.5, 0.6) is 0 Å². The van der Waals surface area contributed by atoms with Gasteiger partial charge >= 0.3 is 24.4 Å². The van der Waals surface area contributed by atoms with Gasteiger partial charge in [0.2, 0.25) is 0 Å². The highest BCUT2D eigenvalue weighted by atomic mass is 16.6. The maximum atomic E-state index is 13.2. The van der Waals surface area contributed by atoms with Crippen LogP contribution in [0.1, 0.15) is 63.5 Å². The number of nitrogens with one attached hydrogen (secondary N) is 3. The number of para-hydroxylation sites is 2. The van der Waals surface area contributed by atoms with Gasteiger partial charge in [0.1, 0.15) is 5.82 Å². The molecule has 49 heavy (non-hydrogen) atoms. The maximum Gasteiger partial charge on any atom is 0.429 e. The van der Waals surface area contributed by atoms with Gasteiger partial charge in [-0.2, -0.15) is 0 Å². The molecule has 0 saturated heterocycles. The predicted molar refractivity (Wildman–Crippen MR) is 180 cm³/mol. The van der Waals surface area contributed by atoms with Crippen molar-refractivity contribution in [2.75, 3.05) is 26.4 Å². The van der Waals surface area contributed by atoms with E-state index in [1.807, 2.05) is 66.8 Å². The second-order valence-corrected chi connectivity index (χ2v) is 11.2. The summed E-state index contributed by atoms with van der Waals surface area (Å²) in [6.07, 6.45) is 5.74. The van der Waals surface area contributed by atoms with E-state index in [-0.39, 0.29) is 26.4 Å². The summed E-state index contributed by atoms with van der Waals surface area (Å²) in [7, 11) is 0. The zero-order valence-corrected chi connectivity index (χ0v) is 28.0. The second kappa shape index (κ2) is 16.0. The summed E-state index contributed by atoms with van der Waals surface area (Å²) in [5.41, 5.74) is 9.12. The van der Waals surface area contributed by atoms with Gasteiger partial charge in [-0.15, -0.1) is 0 Å². The Kier molecular flexibility index (Phi) is 11.4. The summed E-state index contributed by atoms with van der Waals surface area (Å²) in [6.45, 7) is 7.19. The molecule has 1 aromatic heterocycles. The Hall–Kier alpha value is -5.53. The summed E-state index contributed by atoms with van der Waals surface area (Å²) in [5.74, 6) is -0.263. The van der Waals surface area contributed by atoms with Gasteiger partial charge in [-0.25, -0.2) is 45.0 Å². The number of hydrogen-bond acceptors (Lipinski definition) is 9. The molecular formula is C35H42N6O8. The van der Waals surface area contributed by atoms with Crippen LogP contribution in [0.15, 0.2) is 66.8 Å². The topological polar surface area (TPSA) is 164 Å². The van der Waals surface area contributed by atoms with Gasteiger partial charge in [-0.05, 0) is 63.8 Å². The lowest BCUT2D eigenvalue weighted by molar-refractivity contribution is 0.0538. The number of aromatic nitrogens is 2. The lowest BCUT2D eigenvalue weighted by Gasteiger charge is -2.34. The molecule has 0 bridgehead atoms. The van der Waals surface area contributed by atoms with Crippen molar-refractivity contribution in [2.45, 2.75) is 64.5 Å². The Labute approximate surface area is 284 Å². The van der Waals surface area contributed by atoms with E-state index in [2.05, 4.69) is 15.8 Å². The molecule has 2 aromatic carbocycles. The average Bonchev–Trinajstić information content (AvgIpc) is 3.86. The van der Waals surface area contributed by atoms with Gasteiger partial charge in [0, 0.05) is 17.4 Å². The molecule has 0 spiro atoms. The van der Waals surface area contributed by atoms with Crippen LogP contribution in [-0.2, 0) is 18.9 Å². The number of amides is 4. The minimum atomic E-state index is -0.778. The van der Waals surface area contributed by atoms with Crippen molar-refractivity contribution < 1.29 is 38.1 Å². The minimum absolute atomic E-state index is 0.108. The molecule has 260 valence electrons. The Morgan fingerprint density at radius 2 is 1.20 bits per heavy atom. The number of nitrogens with zero attached hydrogens (tertiary/aromatic N) is 3. The first kappa shape index (κ1) is 34.8. The zero-order chi connectivity index (χ0) is 34.9. The number of imidazole rings is 1. The molecule has 14 heteroatoms. The van der Waals surface area contributed by atoms with Crippen LogP contribution >= 0.6 is 0 Å². The fourth-order valence-corrected chi connectivity index (χ4v) is 6.36. The van der Waals surface area contributed by atoms with E-state index >= 15 is 0 Å². The molecule has 14 nitrogen and oxygen atoms in total. The molecule has 3 unspecified atom stereocenters. The molecular weight excluding hydrogens is 632 g/mol. The van der Waals surface area contributed by atoms with E-state index in [1.165, 1.54) is 10.0 Å². The predicted octanol–water partition coefficient (Wildman–Crippen LogP) is 6.29. The second-order valence-electron chi connectivity index (χ2n) is 11.2. The number of fused-ring (bicyclic) bond motifs is 1. The van der Waals surface area contributed by atoms with Gasteiger partial charge in [0.15, 0.2) is 0 Å². The number of rotatable bonds is 9. The average molecular weight is 675 g/mol. The van der Waals surface area contributed by atoms with Crippen molar-refractivity contribution in [1.82, 2.24) is 30.8 Å². The molecule has 1 heterocycles. The van der Waals surface area contributed by atoms with Gasteiger partial charge < -0.3 is 23.9 Å². The van der Waals surface area contributed by atoms with E-state index < -0.39 is 48.3 Å². The lowest BCUT2D eigenvalue weighted by atomic mass is 9.82. The van der Waals surface area contributed by atoms with Crippen molar-refractivity contribution in [2.24, 2.45) is 0 Å². The Balaban J connectivity index is 1.64.